The maximum atomic E-state index is 11.9. The van der Waals surface area contributed by atoms with Crippen LogP contribution >= 0.6 is 0 Å². The molecule has 2 heterocycles. The first-order valence-corrected chi connectivity index (χ1v) is 5.48. The minimum atomic E-state index is -0.342. The Morgan fingerprint density at radius 3 is 2.78 bits per heavy atom. The molecule has 0 unspecified atom stereocenters. The Morgan fingerprint density at radius 1 is 1.33 bits per heavy atom. The van der Waals surface area contributed by atoms with E-state index in [0.29, 0.717) is 11.4 Å². The molecule has 5 heteroatoms. The minimum absolute atomic E-state index is 0.222. The summed E-state index contributed by atoms with van der Waals surface area (Å²) in [6, 6.07) is 8.24. The second kappa shape index (κ2) is 4.83. The van der Waals surface area contributed by atoms with E-state index in [9.17, 15) is 9.59 Å². The van der Waals surface area contributed by atoms with Gasteiger partial charge >= 0.3 is 0 Å². The molecule has 0 aromatic carbocycles. The molecule has 0 aliphatic carbocycles. The number of amides is 1. The number of anilines is 1. The molecule has 5 nitrogen and oxygen atoms in total. The number of hydrogen-bond donors (Lipinski definition) is 1. The molecule has 0 saturated heterocycles. The number of carbonyl (C=O) groups is 1. The molecule has 18 heavy (non-hydrogen) atoms. The molecule has 2 rings (SSSR count). The highest BCUT2D eigenvalue weighted by Gasteiger charge is 2.07. The highest BCUT2D eigenvalue weighted by molar-refractivity contribution is 6.03. The van der Waals surface area contributed by atoms with Crippen LogP contribution in [0.3, 0.4) is 0 Å². The zero-order valence-corrected chi connectivity index (χ0v) is 10.2. The first-order chi connectivity index (χ1) is 8.56. The number of nitrogens with one attached hydrogen (secondary N) is 1. The number of nitrogens with zero attached hydrogens (tertiary/aromatic N) is 2. The van der Waals surface area contributed by atoms with Gasteiger partial charge in [-0.15, -0.1) is 0 Å². The van der Waals surface area contributed by atoms with Gasteiger partial charge in [0.05, 0.1) is 0 Å². The number of rotatable bonds is 2. The third kappa shape index (κ3) is 2.63. The number of aromatic nitrogens is 2. The van der Waals surface area contributed by atoms with Gasteiger partial charge in [-0.1, -0.05) is 6.07 Å². The van der Waals surface area contributed by atoms with Crippen molar-refractivity contribution in [2.24, 2.45) is 7.05 Å². The van der Waals surface area contributed by atoms with Crippen LogP contribution in [0.4, 0.5) is 5.82 Å². The van der Waals surface area contributed by atoms with Crippen LogP contribution in [0.2, 0.25) is 0 Å². The SMILES string of the molecule is Cc1cccc(NC(=O)c2ccn(C)c(=O)c2)n1. The second-order valence-electron chi connectivity index (χ2n) is 3.98. The molecule has 0 bridgehead atoms. The molecule has 0 aliphatic rings. The molecule has 2 aromatic rings. The highest BCUT2D eigenvalue weighted by atomic mass is 16.2. The van der Waals surface area contributed by atoms with E-state index in [4.69, 9.17) is 0 Å². The van der Waals surface area contributed by atoms with E-state index in [-0.39, 0.29) is 11.5 Å². The van der Waals surface area contributed by atoms with Gasteiger partial charge in [-0.3, -0.25) is 9.59 Å². The van der Waals surface area contributed by atoms with Gasteiger partial charge in [0.25, 0.3) is 11.5 Å². The van der Waals surface area contributed by atoms with Crippen LogP contribution in [0, 0.1) is 6.92 Å². The molecule has 0 atom stereocenters. The largest absolute Gasteiger partial charge is 0.319 e. The molecule has 0 fully saturated rings. The van der Waals surface area contributed by atoms with Crippen molar-refractivity contribution in [3.05, 3.63) is 58.1 Å². The Balaban J connectivity index is 2.22. The average molecular weight is 243 g/mol. The van der Waals surface area contributed by atoms with Crippen LogP contribution in [0.5, 0.6) is 0 Å². The summed E-state index contributed by atoms with van der Waals surface area (Å²) in [7, 11) is 1.63. The van der Waals surface area contributed by atoms with Gasteiger partial charge in [-0.2, -0.15) is 0 Å². The lowest BCUT2D eigenvalue weighted by atomic mass is 10.2. The minimum Gasteiger partial charge on any atom is -0.319 e. The Bertz CT molecular complexity index is 647. The Morgan fingerprint density at radius 2 is 2.11 bits per heavy atom. The average Bonchev–Trinajstić information content (AvgIpc) is 2.32. The summed E-state index contributed by atoms with van der Waals surface area (Å²) in [4.78, 5) is 27.5. The van der Waals surface area contributed by atoms with Crippen molar-refractivity contribution in [2.45, 2.75) is 6.92 Å². The van der Waals surface area contributed by atoms with Crippen molar-refractivity contribution >= 4 is 11.7 Å². The number of pyridine rings is 2. The van der Waals surface area contributed by atoms with Crippen molar-refractivity contribution in [3.8, 4) is 0 Å². The van der Waals surface area contributed by atoms with Crippen molar-refractivity contribution in [3.63, 3.8) is 0 Å². The second-order valence-corrected chi connectivity index (χ2v) is 3.98. The van der Waals surface area contributed by atoms with Crippen LogP contribution in [0.25, 0.3) is 0 Å². The third-order valence-electron chi connectivity index (χ3n) is 2.50. The lowest BCUT2D eigenvalue weighted by molar-refractivity contribution is 0.102. The summed E-state index contributed by atoms with van der Waals surface area (Å²) in [5.41, 5.74) is 0.915. The van der Waals surface area contributed by atoms with Gasteiger partial charge in [0, 0.05) is 30.6 Å². The van der Waals surface area contributed by atoms with Crippen LogP contribution in [-0.2, 0) is 7.05 Å². The quantitative estimate of drug-likeness (QED) is 0.865. The van der Waals surface area contributed by atoms with E-state index < -0.39 is 0 Å². The monoisotopic (exact) mass is 243 g/mol. The molecule has 1 N–H and O–H groups in total. The molecule has 0 saturated carbocycles. The topological polar surface area (TPSA) is 64.0 Å². The summed E-state index contributed by atoms with van der Waals surface area (Å²) in [5, 5.41) is 2.65. The molecule has 1 amide bonds. The predicted octanol–water partition coefficient (Wildman–Crippen LogP) is 1.34. The van der Waals surface area contributed by atoms with Gasteiger partial charge in [-0.05, 0) is 25.1 Å². The van der Waals surface area contributed by atoms with Gasteiger partial charge in [-0.25, -0.2) is 4.98 Å². The lowest BCUT2D eigenvalue weighted by Gasteiger charge is -2.05. The fourth-order valence-electron chi connectivity index (χ4n) is 1.49. The Kier molecular flexibility index (Phi) is 3.23. The summed E-state index contributed by atoms with van der Waals surface area (Å²) in [6.45, 7) is 1.84. The van der Waals surface area contributed by atoms with Crippen LogP contribution in [0.1, 0.15) is 16.1 Å². The van der Waals surface area contributed by atoms with Crippen molar-refractivity contribution in [2.75, 3.05) is 5.32 Å². The maximum absolute atomic E-state index is 11.9. The van der Waals surface area contributed by atoms with Gasteiger partial charge in [0.1, 0.15) is 5.82 Å². The van der Waals surface area contributed by atoms with E-state index in [1.165, 1.54) is 10.6 Å². The molecule has 0 spiro atoms. The molecular weight excluding hydrogens is 230 g/mol. The fourth-order valence-corrected chi connectivity index (χ4v) is 1.49. The lowest BCUT2D eigenvalue weighted by Crippen LogP contribution is -2.20. The Hall–Kier alpha value is -2.43. The highest BCUT2D eigenvalue weighted by Crippen LogP contribution is 2.06. The first kappa shape index (κ1) is 12.0. The number of aryl methyl sites for hydroxylation is 2. The summed E-state index contributed by atoms with van der Waals surface area (Å²) >= 11 is 0. The maximum Gasteiger partial charge on any atom is 0.257 e. The van der Waals surface area contributed by atoms with E-state index >= 15 is 0 Å². The van der Waals surface area contributed by atoms with Gasteiger partial charge in [0.15, 0.2) is 0 Å². The van der Waals surface area contributed by atoms with Gasteiger partial charge in [0.2, 0.25) is 0 Å². The number of carbonyl (C=O) groups excluding carboxylic acids is 1. The summed E-state index contributed by atoms with van der Waals surface area (Å²) < 4.78 is 1.40. The zero-order chi connectivity index (χ0) is 13.1. The van der Waals surface area contributed by atoms with Crippen molar-refractivity contribution in [1.29, 1.82) is 0 Å². The van der Waals surface area contributed by atoms with E-state index in [0.717, 1.165) is 5.69 Å². The van der Waals surface area contributed by atoms with Crippen molar-refractivity contribution < 1.29 is 4.79 Å². The molecule has 0 aliphatic heterocycles. The van der Waals surface area contributed by atoms with E-state index in [1.54, 1.807) is 25.4 Å². The number of hydrogen-bond acceptors (Lipinski definition) is 3. The first-order valence-electron chi connectivity index (χ1n) is 5.48. The molecule has 92 valence electrons. The van der Waals surface area contributed by atoms with Crippen LogP contribution < -0.4 is 10.9 Å². The smallest absolute Gasteiger partial charge is 0.257 e. The predicted molar refractivity (Wildman–Crippen MR) is 68.6 cm³/mol. The standard InChI is InChI=1S/C13H13N3O2/c1-9-4-3-5-11(14-9)15-13(18)10-6-7-16(2)12(17)8-10/h3-8H,1-2H3,(H,14,15,18). The van der Waals surface area contributed by atoms with E-state index in [2.05, 4.69) is 10.3 Å². The van der Waals surface area contributed by atoms with Crippen molar-refractivity contribution in [1.82, 2.24) is 9.55 Å². The third-order valence-corrected chi connectivity index (χ3v) is 2.50. The molecule has 0 radical (unpaired) electrons. The normalized spacial score (nSPS) is 10.1. The molecule has 2 aromatic heterocycles. The Labute approximate surface area is 104 Å². The fraction of sp³-hybridized carbons (Fsp3) is 0.154. The van der Waals surface area contributed by atoms with Crippen LogP contribution in [0.15, 0.2) is 41.3 Å². The van der Waals surface area contributed by atoms with E-state index in [1.807, 2.05) is 19.1 Å². The van der Waals surface area contributed by atoms with Gasteiger partial charge < -0.3 is 9.88 Å². The summed E-state index contributed by atoms with van der Waals surface area (Å²) in [6.07, 6.45) is 1.56. The zero-order valence-electron chi connectivity index (χ0n) is 10.2. The van der Waals surface area contributed by atoms with Crippen LogP contribution in [-0.4, -0.2) is 15.5 Å². The summed E-state index contributed by atoms with van der Waals surface area (Å²) in [5.74, 6) is 0.131. The molecular formula is C13H13N3O2.